The van der Waals surface area contributed by atoms with Gasteiger partial charge in [-0.15, -0.1) is 0 Å². The Kier molecular flexibility index (Phi) is 5.35. The van der Waals surface area contributed by atoms with Gasteiger partial charge < -0.3 is 14.4 Å². The molecule has 2 bridgehead atoms. The molecular formula is C28H28N2O6. The van der Waals surface area contributed by atoms with Crippen molar-refractivity contribution in [1.82, 2.24) is 0 Å². The number of rotatable bonds is 5. The highest BCUT2D eigenvalue weighted by Crippen LogP contribution is 2.56. The molecule has 6 rings (SSSR count). The van der Waals surface area contributed by atoms with Gasteiger partial charge in [0.25, 0.3) is 0 Å². The molecule has 0 N–H and O–H groups in total. The van der Waals surface area contributed by atoms with Crippen molar-refractivity contribution in [3.8, 4) is 11.5 Å². The number of esters is 1. The van der Waals surface area contributed by atoms with E-state index >= 15 is 0 Å². The van der Waals surface area contributed by atoms with E-state index < -0.39 is 11.9 Å². The summed E-state index contributed by atoms with van der Waals surface area (Å²) in [5, 5.41) is 0. The topological polar surface area (TPSA) is 93.2 Å². The molecule has 2 aromatic carbocycles. The van der Waals surface area contributed by atoms with E-state index in [0.29, 0.717) is 40.3 Å². The van der Waals surface area contributed by atoms with Gasteiger partial charge in [0.2, 0.25) is 17.7 Å². The highest BCUT2D eigenvalue weighted by Gasteiger charge is 2.61. The predicted molar refractivity (Wildman–Crippen MR) is 131 cm³/mol. The minimum Gasteiger partial charge on any atom is -0.497 e. The number of amides is 3. The highest BCUT2D eigenvalue weighted by molar-refractivity contribution is 6.23. The van der Waals surface area contributed by atoms with Crippen LogP contribution in [0.1, 0.15) is 31.2 Å². The summed E-state index contributed by atoms with van der Waals surface area (Å²) < 4.78 is 10.8. The zero-order valence-electron chi connectivity index (χ0n) is 20.3. The van der Waals surface area contributed by atoms with E-state index in [0.717, 1.165) is 19.3 Å². The summed E-state index contributed by atoms with van der Waals surface area (Å²) in [6.07, 6.45) is 3.14. The van der Waals surface area contributed by atoms with Crippen LogP contribution in [0.15, 0.2) is 42.5 Å². The van der Waals surface area contributed by atoms with Crippen LogP contribution in [-0.4, -0.2) is 37.3 Å². The van der Waals surface area contributed by atoms with Gasteiger partial charge in [-0.05, 0) is 86.1 Å². The molecule has 0 unspecified atom stereocenters. The molecule has 2 aromatic rings. The molecular weight excluding hydrogens is 460 g/mol. The largest absolute Gasteiger partial charge is 0.497 e. The lowest BCUT2D eigenvalue weighted by molar-refractivity contribution is -0.139. The Labute approximate surface area is 209 Å². The minimum absolute atomic E-state index is 0.0732. The first kappa shape index (κ1) is 22.8. The molecule has 2 aliphatic heterocycles. The number of imide groups is 1. The van der Waals surface area contributed by atoms with Crippen LogP contribution in [-0.2, 0) is 19.2 Å². The first-order chi connectivity index (χ1) is 17.4. The minimum atomic E-state index is -0.587. The first-order valence-electron chi connectivity index (χ1n) is 12.5. The molecule has 2 heterocycles. The van der Waals surface area contributed by atoms with Gasteiger partial charge in [0, 0.05) is 18.7 Å². The van der Waals surface area contributed by atoms with Gasteiger partial charge in [-0.2, -0.15) is 0 Å². The smallest absolute Gasteiger partial charge is 0.316 e. The number of methoxy groups -OCH3 is 1. The maximum atomic E-state index is 13.2. The normalized spacial score (nSPS) is 28.7. The quantitative estimate of drug-likeness (QED) is 0.363. The molecule has 2 saturated heterocycles. The summed E-state index contributed by atoms with van der Waals surface area (Å²) in [7, 11) is 1.58. The average molecular weight is 489 g/mol. The van der Waals surface area contributed by atoms with E-state index in [2.05, 4.69) is 0 Å². The number of nitrogens with zero attached hydrogens (tertiary/aromatic N) is 2. The van der Waals surface area contributed by atoms with Gasteiger partial charge in [-0.25, -0.2) is 4.90 Å². The Morgan fingerprint density at radius 3 is 2.17 bits per heavy atom. The third kappa shape index (κ3) is 3.50. The lowest BCUT2D eigenvalue weighted by atomic mass is 9.81. The number of carbonyl (C=O) groups is 4. The van der Waals surface area contributed by atoms with E-state index in [4.69, 9.17) is 9.47 Å². The Bertz CT molecular complexity index is 1240. The van der Waals surface area contributed by atoms with E-state index in [1.165, 1.54) is 4.90 Å². The average Bonchev–Trinajstić information content (AvgIpc) is 3.64. The number of hydrogen-bond donors (Lipinski definition) is 0. The molecule has 5 atom stereocenters. The van der Waals surface area contributed by atoms with Crippen molar-refractivity contribution in [2.45, 2.75) is 32.6 Å². The van der Waals surface area contributed by atoms with Crippen molar-refractivity contribution in [1.29, 1.82) is 0 Å². The summed E-state index contributed by atoms with van der Waals surface area (Å²) in [4.78, 5) is 54.7. The number of ether oxygens (including phenoxy) is 2. The summed E-state index contributed by atoms with van der Waals surface area (Å²) >= 11 is 0. The van der Waals surface area contributed by atoms with Gasteiger partial charge >= 0.3 is 5.97 Å². The van der Waals surface area contributed by atoms with Crippen molar-refractivity contribution < 1.29 is 28.7 Å². The molecule has 186 valence electrons. The van der Waals surface area contributed by atoms with Crippen LogP contribution in [0.4, 0.5) is 11.4 Å². The molecule has 4 fully saturated rings. The number of anilines is 2. The van der Waals surface area contributed by atoms with Gasteiger partial charge in [-0.3, -0.25) is 19.2 Å². The molecule has 2 aliphatic carbocycles. The zero-order valence-corrected chi connectivity index (χ0v) is 20.3. The summed E-state index contributed by atoms with van der Waals surface area (Å²) in [6, 6.07) is 12.1. The Morgan fingerprint density at radius 2 is 1.56 bits per heavy atom. The maximum Gasteiger partial charge on any atom is 0.316 e. The van der Waals surface area contributed by atoms with Crippen molar-refractivity contribution in [2.24, 2.45) is 29.6 Å². The van der Waals surface area contributed by atoms with Gasteiger partial charge in [-0.1, -0.05) is 0 Å². The van der Waals surface area contributed by atoms with Crippen LogP contribution >= 0.6 is 0 Å². The second-order valence-electron chi connectivity index (χ2n) is 10.4. The Morgan fingerprint density at radius 1 is 0.917 bits per heavy atom. The fourth-order valence-corrected chi connectivity index (χ4v) is 6.67. The van der Waals surface area contributed by atoms with Crippen LogP contribution in [0.5, 0.6) is 11.5 Å². The van der Waals surface area contributed by atoms with Gasteiger partial charge in [0.05, 0.1) is 30.6 Å². The van der Waals surface area contributed by atoms with E-state index in [-0.39, 0.29) is 42.5 Å². The standard InChI is InChI=1S/C28H28N2O6/c1-15-11-21(9-10-22(15)30-26(32)24-16-3-4-17(12-16)25(24)27(30)33)36-28(34)18-13-23(31)29(14-18)19-5-7-20(35-2)8-6-19/h5-11,16-18,24-25H,3-4,12-14H2,1-2H3/t16-,17-,18+,24+,25+/m0/s1. The maximum absolute atomic E-state index is 13.2. The third-order valence-corrected chi connectivity index (χ3v) is 8.40. The fourth-order valence-electron chi connectivity index (χ4n) is 6.67. The molecule has 36 heavy (non-hydrogen) atoms. The number of carbonyl (C=O) groups excluding carboxylic acids is 4. The van der Waals surface area contributed by atoms with Crippen molar-refractivity contribution in [2.75, 3.05) is 23.5 Å². The number of benzene rings is 2. The molecule has 4 aliphatic rings. The van der Waals surface area contributed by atoms with Crippen LogP contribution < -0.4 is 19.3 Å². The van der Waals surface area contributed by atoms with Crippen molar-refractivity contribution >= 4 is 35.1 Å². The predicted octanol–water partition coefficient (Wildman–Crippen LogP) is 3.50. The third-order valence-electron chi connectivity index (χ3n) is 8.40. The van der Waals surface area contributed by atoms with Crippen LogP contribution in [0.3, 0.4) is 0 Å². The van der Waals surface area contributed by atoms with Crippen LogP contribution in [0, 0.1) is 36.5 Å². The van der Waals surface area contributed by atoms with Crippen LogP contribution in [0.2, 0.25) is 0 Å². The van der Waals surface area contributed by atoms with E-state index in [1.54, 1.807) is 61.4 Å². The van der Waals surface area contributed by atoms with Gasteiger partial charge in [0.1, 0.15) is 11.5 Å². The number of aryl methyl sites for hydroxylation is 1. The lowest BCUT2D eigenvalue weighted by Gasteiger charge is -2.20. The lowest BCUT2D eigenvalue weighted by Crippen LogP contribution is -2.33. The second-order valence-corrected chi connectivity index (χ2v) is 10.4. The van der Waals surface area contributed by atoms with E-state index in [1.807, 2.05) is 0 Å². The monoisotopic (exact) mass is 488 g/mol. The molecule has 8 nitrogen and oxygen atoms in total. The zero-order chi connectivity index (χ0) is 25.1. The SMILES string of the molecule is COc1ccc(N2C[C@H](C(=O)Oc3ccc(N4C(=O)[C@@H]5[C@H]6CC[C@@H](C6)[C@H]5C4=O)c(C)c3)CC2=O)cc1. The van der Waals surface area contributed by atoms with Crippen molar-refractivity contribution in [3.63, 3.8) is 0 Å². The molecule has 8 heteroatoms. The summed E-state index contributed by atoms with van der Waals surface area (Å²) in [6.45, 7) is 2.05. The summed E-state index contributed by atoms with van der Waals surface area (Å²) in [5.74, 6) is -0.0720. The molecule has 0 spiro atoms. The molecule has 2 saturated carbocycles. The summed E-state index contributed by atoms with van der Waals surface area (Å²) in [5.41, 5.74) is 1.95. The van der Waals surface area contributed by atoms with Crippen LogP contribution in [0.25, 0.3) is 0 Å². The van der Waals surface area contributed by atoms with Gasteiger partial charge in [0.15, 0.2) is 0 Å². The Hall–Kier alpha value is -3.68. The second kappa shape index (κ2) is 8.47. The molecule has 3 amide bonds. The fraction of sp³-hybridized carbons (Fsp3) is 0.429. The van der Waals surface area contributed by atoms with E-state index in [9.17, 15) is 19.2 Å². The molecule has 0 aromatic heterocycles. The number of fused-ring (bicyclic) bond motifs is 5. The molecule has 0 radical (unpaired) electrons. The van der Waals surface area contributed by atoms with Crippen molar-refractivity contribution in [3.05, 3.63) is 48.0 Å². The Balaban J connectivity index is 1.14. The first-order valence-corrected chi connectivity index (χ1v) is 12.5. The highest BCUT2D eigenvalue weighted by atomic mass is 16.5. The number of hydrogen-bond acceptors (Lipinski definition) is 6.